The van der Waals surface area contributed by atoms with Gasteiger partial charge >= 0.3 is 0 Å². The van der Waals surface area contributed by atoms with Crippen LogP contribution in [0.4, 0.5) is 0 Å². The molecule has 10 heavy (non-hydrogen) atoms. The van der Waals surface area contributed by atoms with Crippen LogP contribution in [0.5, 0.6) is 0 Å². The van der Waals surface area contributed by atoms with Crippen LogP contribution >= 0.6 is 12.6 Å². The Labute approximate surface area is 69.8 Å². The zero-order valence-electron chi connectivity index (χ0n) is 6.90. The lowest BCUT2D eigenvalue weighted by Gasteiger charge is -2.32. The van der Waals surface area contributed by atoms with E-state index in [0.29, 0.717) is 4.75 Å². The predicted molar refractivity (Wildman–Crippen MR) is 49.7 cm³/mol. The highest BCUT2D eigenvalue weighted by Crippen LogP contribution is 2.37. The van der Waals surface area contributed by atoms with E-state index in [2.05, 4.69) is 6.92 Å². The van der Waals surface area contributed by atoms with E-state index in [1.165, 1.54) is 44.9 Å². The summed E-state index contributed by atoms with van der Waals surface area (Å²) in [6.07, 6.45) is 9.56. The molecule has 1 fully saturated rings. The lowest BCUT2D eigenvalue weighted by Crippen LogP contribution is -2.24. The Balaban J connectivity index is 2.32. The number of hydrogen-bond acceptors (Lipinski definition) is 1. The average Bonchev–Trinajstić information content (AvgIpc) is 1.89. The van der Waals surface area contributed by atoms with E-state index in [0.717, 1.165) is 0 Å². The molecule has 0 spiro atoms. The average molecular weight is 158 g/mol. The fourth-order valence-corrected chi connectivity index (χ4v) is 2.47. The minimum atomic E-state index is 0.424. The van der Waals surface area contributed by atoms with Gasteiger partial charge in [-0.05, 0) is 19.3 Å². The third-order valence-electron chi connectivity index (χ3n) is 2.50. The van der Waals surface area contributed by atoms with Crippen LogP contribution in [-0.2, 0) is 0 Å². The van der Waals surface area contributed by atoms with Crippen LogP contribution in [0, 0.1) is 0 Å². The minimum Gasteiger partial charge on any atom is -0.173 e. The van der Waals surface area contributed by atoms with Gasteiger partial charge in [0, 0.05) is 4.75 Å². The maximum atomic E-state index is 4.73. The van der Waals surface area contributed by atoms with Gasteiger partial charge in [0.05, 0.1) is 0 Å². The third-order valence-corrected chi connectivity index (χ3v) is 3.17. The van der Waals surface area contributed by atoms with Crippen molar-refractivity contribution in [2.24, 2.45) is 0 Å². The number of thiol groups is 1. The molecule has 0 N–H and O–H groups in total. The molecule has 0 aromatic heterocycles. The molecule has 0 atom stereocenters. The first kappa shape index (κ1) is 8.45. The quantitative estimate of drug-likeness (QED) is 0.585. The summed E-state index contributed by atoms with van der Waals surface area (Å²) in [6, 6.07) is 0. The van der Waals surface area contributed by atoms with E-state index in [1.54, 1.807) is 0 Å². The van der Waals surface area contributed by atoms with Crippen molar-refractivity contribution in [3.63, 3.8) is 0 Å². The Morgan fingerprint density at radius 3 is 2.30 bits per heavy atom. The second-order valence-electron chi connectivity index (χ2n) is 3.54. The molecule has 0 amide bonds. The van der Waals surface area contributed by atoms with Gasteiger partial charge in [0.25, 0.3) is 0 Å². The molecular weight excluding hydrogens is 140 g/mol. The van der Waals surface area contributed by atoms with Crippen molar-refractivity contribution in [3.8, 4) is 0 Å². The van der Waals surface area contributed by atoms with E-state index in [1.807, 2.05) is 0 Å². The zero-order chi connectivity index (χ0) is 7.45. The summed E-state index contributed by atoms with van der Waals surface area (Å²) in [7, 11) is 0. The van der Waals surface area contributed by atoms with Crippen molar-refractivity contribution in [2.45, 2.75) is 56.6 Å². The standard InChI is InChI=1S/C9H18S/c1-2-6-9(10)7-4-3-5-8-9/h10H,2-8H2,1H3. The van der Waals surface area contributed by atoms with Gasteiger partial charge in [0.1, 0.15) is 0 Å². The topological polar surface area (TPSA) is 0 Å². The molecule has 0 saturated heterocycles. The molecule has 60 valence electrons. The van der Waals surface area contributed by atoms with Gasteiger partial charge in [-0.15, -0.1) is 0 Å². The lowest BCUT2D eigenvalue weighted by molar-refractivity contribution is 0.378. The Hall–Kier alpha value is 0.350. The van der Waals surface area contributed by atoms with Crippen LogP contribution in [-0.4, -0.2) is 4.75 Å². The van der Waals surface area contributed by atoms with Gasteiger partial charge in [0.2, 0.25) is 0 Å². The molecule has 0 radical (unpaired) electrons. The second kappa shape index (κ2) is 3.66. The normalized spacial score (nSPS) is 24.6. The molecule has 0 aliphatic heterocycles. The van der Waals surface area contributed by atoms with Crippen LogP contribution in [0.1, 0.15) is 51.9 Å². The van der Waals surface area contributed by atoms with Crippen molar-refractivity contribution in [3.05, 3.63) is 0 Å². The molecular formula is C9H18S. The third kappa shape index (κ3) is 2.19. The second-order valence-corrected chi connectivity index (χ2v) is 4.48. The van der Waals surface area contributed by atoms with Gasteiger partial charge in [-0.2, -0.15) is 12.6 Å². The molecule has 0 aromatic rings. The molecule has 1 saturated carbocycles. The Bertz CT molecular complexity index is 87.4. The summed E-state index contributed by atoms with van der Waals surface area (Å²) in [5, 5.41) is 0. The maximum Gasteiger partial charge on any atom is 0.0129 e. The summed E-state index contributed by atoms with van der Waals surface area (Å²) in [6.45, 7) is 2.26. The van der Waals surface area contributed by atoms with Crippen molar-refractivity contribution >= 4 is 12.6 Å². The minimum absolute atomic E-state index is 0.424. The van der Waals surface area contributed by atoms with E-state index in [-0.39, 0.29) is 0 Å². The van der Waals surface area contributed by atoms with Gasteiger partial charge in [-0.25, -0.2) is 0 Å². The van der Waals surface area contributed by atoms with Crippen molar-refractivity contribution in [1.29, 1.82) is 0 Å². The summed E-state index contributed by atoms with van der Waals surface area (Å²) in [5.41, 5.74) is 0. The fourth-order valence-electron chi connectivity index (χ4n) is 1.93. The summed E-state index contributed by atoms with van der Waals surface area (Å²) >= 11 is 4.73. The largest absolute Gasteiger partial charge is 0.173 e. The van der Waals surface area contributed by atoms with Crippen LogP contribution in [0.15, 0.2) is 0 Å². The van der Waals surface area contributed by atoms with Gasteiger partial charge in [-0.3, -0.25) is 0 Å². The van der Waals surface area contributed by atoms with E-state index >= 15 is 0 Å². The first-order valence-corrected chi connectivity index (χ1v) is 4.94. The van der Waals surface area contributed by atoms with E-state index in [4.69, 9.17) is 12.6 Å². The molecule has 1 aliphatic carbocycles. The molecule has 0 nitrogen and oxygen atoms in total. The first-order chi connectivity index (χ1) is 4.77. The van der Waals surface area contributed by atoms with Crippen LogP contribution in [0.3, 0.4) is 0 Å². The van der Waals surface area contributed by atoms with Crippen LogP contribution < -0.4 is 0 Å². The molecule has 0 aromatic carbocycles. The lowest BCUT2D eigenvalue weighted by atomic mass is 9.85. The Morgan fingerprint density at radius 1 is 1.20 bits per heavy atom. The van der Waals surface area contributed by atoms with Gasteiger partial charge in [0.15, 0.2) is 0 Å². The van der Waals surface area contributed by atoms with Crippen molar-refractivity contribution < 1.29 is 0 Å². The number of hydrogen-bond donors (Lipinski definition) is 1. The van der Waals surface area contributed by atoms with Crippen LogP contribution in [0.2, 0.25) is 0 Å². The predicted octanol–water partition coefficient (Wildman–Crippen LogP) is 3.42. The van der Waals surface area contributed by atoms with E-state index in [9.17, 15) is 0 Å². The highest BCUT2D eigenvalue weighted by atomic mass is 32.1. The maximum absolute atomic E-state index is 4.73. The molecule has 0 bridgehead atoms. The summed E-state index contributed by atoms with van der Waals surface area (Å²) in [5.74, 6) is 0. The van der Waals surface area contributed by atoms with E-state index < -0.39 is 0 Å². The van der Waals surface area contributed by atoms with Gasteiger partial charge < -0.3 is 0 Å². The Morgan fingerprint density at radius 2 is 1.80 bits per heavy atom. The molecule has 0 unspecified atom stereocenters. The van der Waals surface area contributed by atoms with Crippen molar-refractivity contribution in [1.82, 2.24) is 0 Å². The molecule has 1 rings (SSSR count). The van der Waals surface area contributed by atoms with Crippen LogP contribution in [0.25, 0.3) is 0 Å². The fraction of sp³-hybridized carbons (Fsp3) is 1.00. The highest BCUT2D eigenvalue weighted by molar-refractivity contribution is 7.81. The highest BCUT2D eigenvalue weighted by Gasteiger charge is 2.26. The zero-order valence-corrected chi connectivity index (χ0v) is 7.79. The number of rotatable bonds is 2. The smallest absolute Gasteiger partial charge is 0.0129 e. The molecule has 1 aliphatic rings. The SMILES string of the molecule is CCCC1(S)CCCCC1. The molecule has 1 heteroatoms. The first-order valence-electron chi connectivity index (χ1n) is 4.49. The Kier molecular flexibility index (Phi) is 3.09. The molecule has 0 heterocycles. The monoisotopic (exact) mass is 158 g/mol. The van der Waals surface area contributed by atoms with Gasteiger partial charge in [-0.1, -0.05) is 32.6 Å². The summed E-state index contributed by atoms with van der Waals surface area (Å²) in [4.78, 5) is 0. The summed E-state index contributed by atoms with van der Waals surface area (Å²) < 4.78 is 0.424. The van der Waals surface area contributed by atoms with Crippen molar-refractivity contribution in [2.75, 3.05) is 0 Å².